The number of nitrogens with one attached hydrogen (secondary N) is 1. The third-order valence-electron chi connectivity index (χ3n) is 7.42. The summed E-state index contributed by atoms with van der Waals surface area (Å²) in [5, 5.41) is 13.6. The Morgan fingerprint density at radius 1 is 0.789 bits per heavy atom. The minimum atomic E-state index is -3.78. The molecule has 2 atom stereocenters. The van der Waals surface area contributed by atoms with Gasteiger partial charge in [-0.25, -0.2) is 13.1 Å². The highest BCUT2D eigenvalue weighted by molar-refractivity contribution is 7.89. The molecule has 0 amide bonds. The first-order valence-corrected chi connectivity index (χ1v) is 20.9. The van der Waals surface area contributed by atoms with Gasteiger partial charge in [-0.15, -0.1) is 0 Å². The van der Waals surface area contributed by atoms with Crippen LogP contribution in [-0.2, 0) is 10.0 Å². The summed E-state index contributed by atoms with van der Waals surface area (Å²) in [6, 6.07) is 29.1. The number of rotatable bonds is 11. The molecule has 0 saturated carbocycles. The molecule has 3 aromatic carbocycles. The minimum absolute atomic E-state index is 0.118. The SMILES string of the molecule is Cc1ccc(S(=O)(=O)N[C@H](CC(O)C[Si](C)(C)C)C[Si](c2ccccc2)(c2ccccc2)C(C)(C)C)cc1. The summed E-state index contributed by atoms with van der Waals surface area (Å²) in [5.74, 6) is 0. The predicted octanol–water partition coefficient (Wildman–Crippen LogP) is 5.79. The summed E-state index contributed by atoms with van der Waals surface area (Å²) in [6.45, 7) is 15.5. The van der Waals surface area contributed by atoms with Crippen molar-refractivity contribution in [2.75, 3.05) is 0 Å². The second-order valence-corrected chi connectivity index (χ2v) is 25.0. The second kappa shape index (κ2) is 12.0. The number of benzene rings is 3. The molecule has 2 N–H and O–H groups in total. The van der Waals surface area contributed by atoms with Gasteiger partial charge in [0.1, 0.15) is 8.07 Å². The van der Waals surface area contributed by atoms with Crippen molar-refractivity contribution in [2.45, 2.75) is 87.9 Å². The Morgan fingerprint density at radius 2 is 1.26 bits per heavy atom. The van der Waals surface area contributed by atoms with Gasteiger partial charge < -0.3 is 5.11 Å². The summed E-state index contributed by atoms with van der Waals surface area (Å²) in [6.07, 6.45) is -0.176. The van der Waals surface area contributed by atoms with Crippen LogP contribution in [0.15, 0.2) is 89.8 Å². The normalized spacial score (nSPS) is 14.7. The van der Waals surface area contributed by atoms with E-state index in [4.69, 9.17) is 0 Å². The first-order valence-electron chi connectivity index (χ1n) is 13.5. The van der Waals surface area contributed by atoms with E-state index in [9.17, 15) is 13.5 Å². The van der Waals surface area contributed by atoms with Crippen LogP contribution in [0.2, 0.25) is 36.8 Å². The van der Waals surface area contributed by atoms with Crippen LogP contribution in [-0.4, -0.2) is 41.8 Å². The lowest BCUT2D eigenvalue weighted by atomic mass is 10.2. The fraction of sp³-hybridized carbons (Fsp3) is 0.419. The summed E-state index contributed by atoms with van der Waals surface area (Å²) < 4.78 is 30.4. The Bertz CT molecular complexity index is 1230. The van der Waals surface area contributed by atoms with Crippen molar-refractivity contribution in [3.63, 3.8) is 0 Å². The highest BCUT2D eigenvalue weighted by Crippen LogP contribution is 2.40. The van der Waals surface area contributed by atoms with Gasteiger partial charge in [0.15, 0.2) is 0 Å². The third-order valence-corrected chi connectivity index (χ3v) is 17.0. The predicted molar refractivity (Wildman–Crippen MR) is 166 cm³/mol. The largest absolute Gasteiger partial charge is 0.393 e. The van der Waals surface area contributed by atoms with Crippen LogP contribution in [0, 0.1) is 6.92 Å². The lowest BCUT2D eigenvalue weighted by molar-refractivity contribution is 0.173. The van der Waals surface area contributed by atoms with Gasteiger partial charge in [-0.05, 0) is 42.6 Å². The van der Waals surface area contributed by atoms with Gasteiger partial charge in [0, 0.05) is 14.1 Å². The van der Waals surface area contributed by atoms with Crippen LogP contribution >= 0.6 is 0 Å². The zero-order chi connectivity index (χ0) is 28.2. The van der Waals surface area contributed by atoms with Crippen molar-refractivity contribution in [1.29, 1.82) is 0 Å². The van der Waals surface area contributed by atoms with Gasteiger partial charge >= 0.3 is 0 Å². The van der Waals surface area contributed by atoms with Crippen LogP contribution in [0.4, 0.5) is 0 Å². The van der Waals surface area contributed by atoms with E-state index in [-0.39, 0.29) is 9.93 Å². The van der Waals surface area contributed by atoms with E-state index < -0.39 is 38.3 Å². The Balaban J connectivity index is 2.14. The average Bonchev–Trinajstić information content (AvgIpc) is 2.81. The fourth-order valence-electron chi connectivity index (χ4n) is 5.69. The summed E-state index contributed by atoms with van der Waals surface area (Å²) in [5.41, 5.74) is 1.01. The minimum Gasteiger partial charge on any atom is -0.393 e. The highest BCUT2D eigenvalue weighted by Gasteiger charge is 2.49. The van der Waals surface area contributed by atoms with Gasteiger partial charge in [-0.1, -0.05) is 129 Å². The molecule has 206 valence electrons. The molecule has 0 spiro atoms. The quantitative estimate of drug-likeness (QED) is 0.288. The molecule has 0 radical (unpaired) electrons. The Labute approximate surface area is 232 Å². The summed E-state index contributed by atoms with van der Waals surface area (Å²) >= 11 is 0. The van der Waals surface area contributed by atoms with Gasteiger partial charge in [0.05, 0.1) is 11.0 Å². The maximum atomic E-state index is 13.7. The van der Waals surface area contributed by atoms with Crippen molar-refractivity contribution >= 4 is 36.5 Å². The van der Waals surface area contributed by atoms with Gasteiger partial charge in [-0.3, -0.25) is 0 Å². The number of aryl methyl sites for hydroxylation is 1. The molecule has 0 bridgehead atoms. The molecule has 1 unspecified atom stereocenters. The monoisotopic (exact) mass is 567 g/mol. The maximum absolute atomic E-state index is 13.7. The molecule has 0 heterocycles. The molecule has 0 aliphatic heterocycles. The van der Waals surface area contributed by atoms with Crippen molar-refractivity contribution in [2.24, 2.45) is 0 Å². The molecule has 4 nitrogen and oxygen atoms in total. The van der Waals surface area contributed by atoms with Crippen LogP contribution in [0.5, 0.6) is 0 Å². The summed E-state index contributed by atoms with van der Waals surface area (Å²) in [4.78, 5) is 0.259. The van der Waals surface area contributed by atoms with E-state index in [0.29, 0.717) is 12.5 Å². The molecular weight excluding hydrogens is 523 g/mol. The number of aliphatic hydroxyl groups excluding tert-OH is 1. The van der Waals surface area contributed by atoms with E-state index in [1.165, 1.54) is 10.4 Å². The zero-order valence-electron chi connectivity index (χ0n) is 24.0. The molecule has 0 fully saturated rings. The number of aliphatic hydroxyl groups is 1. The summed E-state index contributed by atoms with van der Waals surface area (Å²) in [7, 11) is -7.90. The van der Waals surface area contributed by atoms with Gasteiger partial charge in [-0.2, -0.15) is 0 Å². The van der Waals surface area contributed by atoms with E-state index in [1.807, 2.05) is 31.2 Å². The molecule has 3 rings (SSSR count). The molecular formula is C31H45NO3SSi2. The van der Waals surface area contributed by atoms with E-state index in [2.05, 4.69) is 93.7 Å². The van der Waals surface area contributed by atoms with E-state index >= 15 is 0 Å². The Kier molecular flexibility index (Phi) is 9.64. The standard InChI is InChI=1S/C31H45NO3SSi2/c1-25-18-20-28(21-19-25)36(34,35)32-26(22-27(33)24-37(5,6)7)23-38(31(2,3)4,29-14-10-8-11-15-29)30-16-12-9-13-17-30/h8-21,26-27,32-33H,22-24H2,1-7H3/t26-,27?/m1/s1. The highest BCUT2D eigenvalue weighted by atomic mass is 32.2. The number of sulfonamides is 1. The molecule has 0 aliphatic rings. The first kappa shape index (κ1) is 30.5. The van der Waals surface area contributed by atoms with E-state index in [0.717, 1.165) is 11.6 Å². The smallest absolute Gasteiger partial charge is 0.240 e. The van der Waals surface area contributed by atoms with E-state index in [1.54, 1.807) is 12.1 Å². The molecule has 38 heavy (non-hydrogen) atoms. The van der Waals surface area contributed by atoms with Gasteiger partial charge in [0.2, 0.25) is 10.0 Å². The average molecular weight is 568 g/mol. The zero-order valence-corrected chi connectivity index (χ0v) is 26.8. The van der Waals surface area contributed by atoms with Gasteiger partial charge in [0.25, 0.3) is 0 Å². The van der Waals surface area contributed by atoms with Crippen molar-refractivity contribution in [1.82, 2.24) is 4.72 Å². The Morgan fingerprint density at radius 3 is 1.68 bits per heavy atom. The second-order valence-electron chi connectivity index (χ2n) is 12.9. The topological polar surface area (TPSA) is 66.4 Å². The number of hydrogen-bond acceptors (Lipinski definition) is 3. The van der Waals surface area contributed by atoms with Crippen LogP contribution in [0.25, 0.3) is 0 Å². The first-order chi connectivity index (χ1) is 17.6. The van der Waals surface area contributed by atoms with Crippen molar-refractivity contribution < 1.29 is 13.5 Å². The number of hydrogen-bond donors (Lipinski definition) is 2. The fourth-order valence-corrected chi connectivity index (χ4v) is 14.3. The molecule has 7 heteroatoms. The molecule has 0 saturated heterocycles. The lowest BCUT2D eigenvalue weighted by Crippen LogP contribution is -2.66. The molecule has 0 aliphatic carbocycles. The molecule has 3 aromatic rings. The third kappa shape index (κ3) is 7.54. The van der Waals surface area contributed by atoms with Crippen LogP contribution in [0.1, 0.15) is 32.8 Å². The molecule has 0 aromatic heterocycles. The Hall–Kier alpha value is -2.04. The lowest BCUT2D eigenvalue weighted by Gasteiger charge is -2.46. The van der Waals surface area contributed by atoms with Crippen molar-refractivity contribution in [3.8, 4) is 0 Å². The maximum Gasteiger partial charge on any atom is 0.240 e. The van der Waals surface area contributed by atoms with Crippen LogP contribution < -0.4 is 15.1 Å². The van der Waals surface area contributed by atoms with Crippen LogP contribution in [0.3, 0.4) is 0 Å². The van der Waals surface area contributed by atoms with Crippen molar-refractivity contribution in [3.05, 3.63) is 90.5 Å².